The monoisotopic (exact) mass is 315 g/mol. The van der Waals surface area contributed by atoms with Crippen LogP contribution < -0.4 is 10.6 Å². The first-order valence-corrected chi connectivity index (χ1v) is 8.28. The lowest BCUT2D eigenvalue weighted by molar-refractivity contribution is -0.142. The van der Waals surface area contributed by atoms with Crippen LogP contribution in [0.15, 0.2) is 0 Å². The van der Waals surface area contributed by atoms with E-state index in [4.69, 9.17) is 5.11 Å². The van der Waals surface area contributed by atoms with Gasteiger partial charge >= 0.3 is 12.0 Å². The Morgan fingerprint density at radius 3 is 2.90 bits per heavy atom. The number of amides is 3. The van der Waals surface area contributed by atoms with E-state index in [2.05, 4.69) is 10.6 Å². The van der Waals surface area contributed by atoms with Gasteiger partial charge in [-0.05, 0) is 18.6 Å². The minimum absolute atomic E-state index is 0.341. The molecule has 0 bridgehead atoms. The van der Waals surface area contributed by atoms with Crippen LogP contribution in [0.25, 0.3) is 0 Å². The Bertz CT molecular complexity index is 412. The summed E-state index contributed by atoms with van der Waals surface area (Å²) in [5.74, 6) is -0.364. The molecule has 2 heterocycles. The fraction of sp³-hybridized carbons (Fsp3) is 0.769. The van der Waals surface area contributed by atoms with E-state index in [1.54, 1.807) is 0 Å². The second-order valence-corrected chi connectivity index (χ2v) is 6.68. The van der Waals surface area contributed by atoms with Crippen molar-refractivity contribution in [1.82, 2.24) is 15.5 Å². The number of nitrogens with one attached hydrogen (secondary N) is 2. The fourth-order valence-electron chi connectivity index (χ4n) is 2.60. The van der Waals surface area contributed by atoms with Gasteiger partial charge in [0.25, 0.3) is 0 Å². The zero-order valence-corrected chi connectivity index (χ0v) is 12.7. The van der Waals surface area contributed by atoms with Crippen molar-refractivity contribution in [2.24, 2.45) is 0 Å². The Morgan fingerprint density at radius 2 is 2.24 bits per heavy atom. The van der Waals surface area contributed by atoms with Gasteiger partial charge in [0, 0.05) is 24.9 Å². The maximum atomic E-state index is 12.2. The lowest BCUT2D eigenvalue weighted by Gasteiger charge is -2.34. The molecule has 21 heavy (non-hydrogen) atoms. The maximum absolute atomic E-state index is 12.2. The highest BCUT2D eigenvalue weighted by Crippen LogP contribution is 2.24. The van der Waals surface area contributed by atoms with Crippen molar-refractivity contribution in [2.45, 2.75) is 37.0 Å². The first-order valence-electron chi connectivity index (χ1n) is 7.23. The lowest BCUT2D eigenvalue weighted by atomic mass is 10.1. The summed E-state index contributed by atoms with van der Waals surface area (Å²) in [6, 6.07) is -1.27. The molecule has 0 aromatic rings. The van der Waals surface area contributed by atoms with Crippen LogP contribution in [0.3, 0.4) is 0 Å². The van der Waals surface area contributed by atoms with Crippen LogP contribution in [0.5, 0.6) is 0 Å². The number of rotatable bonds is 4. The van der Waals surface area contributed by atoms with Crippen LogP contribution in [-0.2, 0) is 9.59 Å². The SMILES string of the molecule is O=C(O)CC1C(=O)NCCN1C(=O)NCC1CCCCS1. The van der Waals surface area contributed by atoms with E-state index in [0.717, 1.165) is 12.2 Å². The number of aliphatic carboxylic acids is 1. The molecule has 0 aromatic carbocycles. The number of urea groups is 1. The summed E-state index contributed by atoms with van der Waals surface area (Å²) in [7, 11) is 0. The van der Waals surface area contributed by atoms with E-state index < -0.39 is 17.9 Å². The van der Waals surface area contributed by atoms with Gasteiger partial charge in [-0.1, -0.05) is 6.42 Å². The second-order valence-electron chi connectivity index (χ2n) is 5.27. The number of nitrogens with zero attached hydrogens (tertiary/aromatic N) is 1. The third-order valence-electron chi connectivity index (χ3n) is 3.71. The molecule has 3 amide bonds. The van der Waals surface area contributed by atoms with Gasteiger partial charge in [-0.25, -0.2) is 4.79 Å². The number of thioether (sulfide) groups is 1. The quantitative estimate of drug-likeness (QED) is 0.691. The highest BCUT2D eigenvalue weighted by atomic mass is 32.2. The number of carboxylic acids is 1. The van der Waals surface area contributed by atoms with Gasteiger partial charge in [0.05, 0.1) is 6.42 Å². The van der Waals surface area contributed by atoms with Crippen LogP contribution >= 0.6 is 11.8 Å². The van der Waals surface area contributed by atoms with Gasteiger partial charge in [0.2, 0.25) is 5.91 Å². The smallest absolute Gasteiger partial charge is 0.318 e. The number of hydrogen-bond donors (Lipinski definition) is 3. The molecule has 0 aliphatic carbocycles. The highest BCUT2D eigenvalue weighted by molar-refractivity contribution is 7.99. The average Bonchev–Trinajstić information content (AvgIpc) is 2.47. The Balaban J connectivity index is 1.88. The highest BCUT2D eigenvalue weighted by Gasteiger charge is 2.34. The maximum Gasteiger partial charge on any atom is 0.318 e. The van der Waals surface area contributed by atoms with E-state index in [0.29, 0.717) is 24.9 Å². The van der Waals surface area contributed by atoms with Crippen molar-refractivity contribution in [2.75, 3.05) is 25.4 Å². The van der Waals surface area contributed by atoms with E-state index in [-0.39, 0.29) is 12.5 Å². The van der Waals surface area contributed by atoms with Crippen LogP contribution in [0.4, 0.5) is 4.79 Å². The molecule has 0 saturated carbocycles. The molecule has 2 rings (SSSR count). The Labute approximate surface area is 127 Å². The van der Waals surface area contributed by atoms with Crippen LogP contribution in [0.1, 0.15) is 25.7 Å². The minimum Gasteiger partial charge on any atom is -0.481 e. The standard InChI is InChI=1S/C13H21N3O4S/c17-11(18)7-10-12(19)14-4-5-16(10)13(20)15-8-9-3-1-2-6-21-9/h9-10H,1-8H2,(H,14,19)(H,15,20)(H,17,18). The summed E-state index contributed by atoms with van der Waals surface area (Å²) in [6.07, 6.45) is 3.13. The zero-order valence-electron chi connectivity index (χ0n) is 11.8. The Hall–Kier alpha value is -1.44. The molecule has 8 heteroatoms. The fourth-order valence-corrected chi connectivity index (χ4v) is 3.84. The number of piperazine rings is 1. The van der Waals surface area contributed by atoms with Gasteiger partial charge < -0.3 is 20.6 Å². The lowest BCUT2D eigenvalue weighted by Crippen LogP contribution is -2.60. The molecule has 2 aliphatic heterocycles. The van der Waals surface area contributed by atoms with E-state index in [1.807, 2.05) is 11.8 Å². The predicted octanol–water partition coefficient (Wildman–Crippen LogP) is 0.257. The van der Waals surface area contributed by atoms with Crippen LogP contribution in [0, 0.1) is 0 Å². The molecule has 2 unspecified atom stereocenters. The predicted molar refractivity (Wildman–Crippen MR) is 79.3 cm³/mol. The molecule has 0 aromatic heterocycles. The molecular formula is C13H21N3O4S. The molecule has 118 valence electrons. The molecule has 3 N–H and O–H groups in total. The Morgan fingerprint density at radius 1 is 1.43 bits per heavy atom. The number of carboxylic acid groups (broad SMARTS) is 1. The molecule has 2 fully saturated rings. The average molecular weight is 315 g/mol. The summed E-state index contributed by atoms with van der Waals surface area (Å²) in [5.41, 5.74) is 0. The van der Waals surface area contributed by atoms with Crippen molar-refractivity contribution in [3.63, 3.8) is 0 Å². The summed E-state index contributed by atoms with van der Waals surface area (Å²) >= 11 is 1.86. The summed E-state index contributed by atoms with van der Waals surface area (Å²) < 4.78 is 0. The summed E-state index contributed by atoms with van der Waals surface area (Å²) in [6.45, 7) is 1.27. The van der Waals surface area contributed by atoms with E-state index in [9.17, 15) is 14.4 Å². The van der Waals surface area contributed by atoms with Gasteiger partial charge in [-0.15, -0.1) is 0 Å². The van der Waals surface area contributed by atoms with Gasteiger partial charge in [0.1, 0.15) is 6.04 Å². The van der Waals surface area contributed by atoms with E-state index >= 15 is 0 Å². The van der Waals surface area contributed by atoms with Crippen molar-refractivity contribution < 1.29 is 19.5 Å². The van der Waals surface area contributed by atoms with Gasteiger partial charge in [0.15, 0.2) is 0 Å². The zero-order chi connectivity index (χ0) is 15.2. The van der Waals surface area contributed by atoms with Gasteiger partial charge in [-0.2, -0.15) is 11.8 Å². The normalized spacial score (nSPS) is 26.1. The summed E-state index contributed by atoms with van der Waals surface area (Å²) in [4.78, 5) is 36.1. The summed E-state index contributed by atoms with van der Waals surface area (Å²) in [5, 5.41) is 14.7. The molecule has 0 spiro atoms. The van der Waals surface area contributed by atoms with Crippen molar-refractivity contribution >= 4 is 29.7 Å². The molecular weight excluding hydrogens is 294 g/mol. The van der Waals surface area contributed by atoms with E-state index in [1.165, 1.54) is 17.7 Å². The van der Waals surface area contributed by atoms with Crippen LogP contribution in [0.2, 0.25) is 0 Å². The van der Waals surface area contributed by atoms with Crippen molar-refractivity contribution in [3.8, 4) is 0 Å². The molecule has 7 nitrogen and oxygen atoms in total. The van der Waals surface area contributed by atoms with Gasteiger partial charge in [-0.3, -0.25) is 9.59 Å². The first-order chi connectivity index (χ1) is 10.1. The molecule has 2 saturated heterocycles. The molecule has 2 aliphatic rings. The third-order valence-corrected chi connectivity index (χ3v) is 5.11. The molecule has 2 atom stereocenters. The topological polar surface area (TPSA) is 98.7 Å². The second kappa shape index (κ2) is 7.53. The minimum atomic E-state index is -1.09. The number of carbonyl (C=O) groups is 3. The first kappa shape index (κ1) is 15.9. The van der Waals surface area contributed by atoms with Crippen molar-refractivity contribution in [1.29, 1.82) is 0 Å². The third kappa shape index (κ3) is 4.52. The van der Waals surface area contributed by atoms with Crippen molar-refractivity contribution in [3.05, 3.63) is 0 Å². The Kier molecular flexibility index (Phi) is 5.72. The number of hydrogen-bond acceptors (Lipinski definition) is 4. The molecule has 0 radical (unpaired) electrons. The number of carbonyl (C=O) groups excluding carboxylic acids is 2. The van der Waals surface area contributed by atoms with Crippen LogP contribution in [-0.4, -0.2) is 64.6 Å². The largest absolute Gasteiger partial charge is 0.481 e.